The topological polar surface area (TPSA) is 81.4 Å². The first-order valence-corrected chi connectivity index (χ1v) is 8.47. The Bertz CT molecular complexity index is 700. The van der Waals surface area contributed by atoms with Crippen LogP contribution in [0.3, 0.4) is 0 Å². The smallest absolute Gasteiger partial charge is 0.224 e. The number of ether oxygens (including phenoxy) is 1. The summed E-state index contributed by atoms with van der Waals surface area (Å²) >= 11 is 0. The predicted octanol–water partition coefficient (Wildman–Crippen LogP) is 3.61. The fraction of sp³-hybridized carbons (Fsp3) is 0.300. The van der Waals surface area contributed by atoms with Crippen molar-refractivity contribution in [1.29, 1.82) is 0 Å². The van der Waals surface area contributed by atoms with E-state index < -0.39 is 0 Å². The number of aryl methyl sites for hydroxylation is 1. The minimum Gasteiger partial charge on any atom is -0.492 e. The van der Waals surface area contributed by atoms with Gasteiger partial charge < -0.3 is 15.8 Å². The zero-order valence-electron chi connectivity index (χ0n) is 14.9. The average Bonchev–Trinajstić information content (AvgIpc) is 2.65. The van der Waals surface area contributed by atoms with Crippen LogP contribution in [0.5, 0.6) is 5.75 Å². The van der Waals surface area contributed by atoms with Crippen LogP contribution in [0.25, 0.3) is 0 Å². The van der Waals surface area contributed by atoms with Crippen molar-refractivity contribution in [1.82, 2.24) is 0 Å². The predicted molar refractivity (Wildman–Crippen MR) is 106 cm³/mol. The number of ketones is 1. The second-order valence-electron chi connectivity index (χ2n) is 5.68. The van der Waals surface area contributed by atoms with Crippen LogP contribution in [0, 0.1) is 0 Å². The van der Waals surface area contributed by atoms with Crippen LogP contribution in [0.4, 0.5) is 5.69 Å². The molecule has 2 rings (SSSR count). The lowest BCUT2D eigenvalue weighted by molar-refractivity contribution is -0.116. The van der Waals surface area contributed by atoms with E-state index in [0.29, 0.717) is 30.2 Å². The summed E-state index contributed by atoms with van der Waals surface area (Å²) in [5, 5.41) is 2.78. The third-order valence-corrected chi connectivity index (χ3v) is 3.79. The Kier molecular flexibility index (Phi) is 9.41. The summed E-state index contributed by atoms with van der Waals surface area (Å²) in [5.41, 5.74) is 7.88. The van der Waals surface area contributed by atoms with Crippen LogP contribution in [0.2, 0.25) is 0 Å². The second-order valence-corrected chi connectivity index (χ2v) is 5.68. The first-order valence-electron chi connectivity index (χ1n) is 8.47. The maximum absolute atomic E-state index is 12.1. The molecule has 0 spiro atoms. The Balaban J connectivity index is 0.00000338. The molecule has 0 aromatic heterocycles. The number of benzene rings is 2. The van der Waals surface area contributed by atoms with Crippen molar-refractivity contribution < 1.29 is 14.3 Å². The van der Waals surface area contributed by atoms with Gasteiger partial charge in [0.2, 0.25) is 5.91 Å². The Morgan fingerprint density at radius 2 is 1.65 bits per heavy atom. The van der Waals surface area contributed by atoms with Crippen molar-refractivity contribution in [3.63, 3.8) is 0 Å². The fourth-order valence-electron chi connectivity index (χ4n) is 2.33. The molecule has 2 aromatic rings. The molecule has 5 nitrogen and oxygen atoms in total. The lowest BCUT2D eigenvalue weighted by Gasteiger charge is -2.08. The Hall–Kier alpha value is -2.37. The first-order chi connectivity index (χ1) is 12.1. The van der Waals surface area contributed by atoms with Crippen molar-refractivity contribution in [3.8, 4) is 5.75 Å². The normalized spacial score (nSPS) is 9.92. The second kappa shape index (κ2) is 11.3. The quantitative estimate of drug-likeness (QED) is 0.655. The molecule has 6 heteroatoms. The van der Waals surface area contributed by atoms with E-state index in [-0.39, 0.29) is 36.9 Å². The third kappa shape index (κ3) is 6.86. The highest BCUT2D eigenvalue weighted by atomic mass is 35.5. The van der Waals surface area contributed by atoms with E-state index in [1.807, 2.05) is 24.3 Å². The minimum absolute atomic E-state index is 0. The maximum Gasteiger partial charge on any atom is 0.224 e. The monoisotopic (exact) mass is 376 g/mol. The van der Waals surface area contributed by atoms with Crippen molar-refractivity contribution in [3.05, 3.63) is 59.7 Å². The Morgan fingerprint density at radius 3 is 2.23 bits per heavy atom. The van der Waals surface area contributed by atoms with Gasteiger partial charge in [0.1, 0.15) is 12.4 Å². The molecule has 0 saturated heterocycles. The summed E-state index contributed by atoms with van der Waals surface area (Å²) in [5.74, 6) is 0.492. The number of amides is 1. The van der Waals surface area contributed by atoms with Crippen LogP contribution in [-0.4, -0.2) is 24.8 Å². The van der Waals surface area contributed by atoms with Gasteiger partial charge in [0.25, 0.3) is 0 Å². The average molecular weight is 377 g/mol. The molecule has 0 aliphatic heterocycles. The summed E-state index contributed by atoms with van der Waals surface area (Å²) in [6, 6.07) is 14.6. The minimum atomic E-state index is -0.186. The van der Waals surface area contributed by atoms with Crippen molar-refractivity contribution >= 4 is 29.8 Å². The molecular formula is C20H25ClN2O3. The summed E-state index contributed by atoms with van der Waals surface area (Å²) in [6.07, 6.45) is 1.28. The molecule has 0 radical (unpaired) electrons. The SMILES string of the molecule is CCc1ccc(C(=O)CCC(=O)Nc2ccc(OCCN)cc2)cc1.Cl. The van der Waals surface area contributed by atoms with Gasteiger partial charge in [0.05, 0.1) is 0 Å². The number of carbonyl (C=O) groups is 2. The van der Waals surface area contributed by atoms with Crippen molar-refractivity contribution in [2.24, 2.45) is 5.73 Å². The standard InChI is InChI=1S/C20H24N2O3.ClH/c1-2-15-3-5-16(6-4-15)19(23)11-12-20(24)22-17-7-9-18(10-8-17)25-14-13-21;/h3-10H,2,11-14,21H2,1H3,(H,22,24);1H. The fourth-order valence-corrected chi connectivity index (χ4v) is 2.33. The van der Waals surface area contributed by atoms with Crippen molar-refractivity contribution in [2.45, 2.75) is 26.2 Å². The number of halogens is 1. The van der Waals surface area contributed by atoms with Gasteiger partial charge in [0, 0.05) is 30.6 Å². The highest BCUT2D eigenvalue weighted by Crippen LogP contribution is 2.16. The molecule has 0 saturated carbocycles. The number of Topliss-reactive ketones (excluding diaryl/α,β-unsaturated/α-hetero) is 1. The van der Waals surface area contributed by atoms with Gasteiger partial charge in [-0.3, -0.25) is 9.59 Å². The van der Waals surface area contributed by atoms with Gasteiger partial charge in [-0.15, -0.1) is 12.4 Å². The third-order valence-electron chi connectivity index (χ3n) is 3.79. The molecule has 1 amide bonds. The maximum atomic E-state index is 12.1. The number of rotatable bonds is 9. The lowest BCUT2D eigenvalue weighted by Crippen LogP contribution is -2.13. The molecule has 0 fully saturated rings. The number of carbonyl (C=O) groups excluding carboxylic acids is 2. The van der Waals surface area contributed by atoms with Gasteiger partial charge in [0.15, 0.2) is 5.78 Å². The van der Waals surface area contributed by atoms with Crippen molar-refractivity contribution in [2.75, 3.05) is 18.5 Å². The van der Waals surface area contributed by atoms with Gasteiger partial charge in [-0.1, -0.05) is 31.2 Å². The van der Waals surface area contributed by atoms with E-state index in [0.717, 1.165) is 6.42 Å². The summed E-state index contributed by atoms with van der Waals surface area (Å²) < 4.78 is 5.38. The molecule has 0 heterocycles. The van der Waals surface area contributed by atoms with E-state index in [9.17, 15) is 9.59 Å². The highest BCUT2D eigenvalue weighted by Gasteiger charge is 2.09. The van der Waals surface area contributed by atoms with Crippen LogP contribution >= 0.6 is 12.4 Å². The number of nitrogens with one attached hydrogen (secondary N) is 1. The van der Waals surface area contributed by atoms with Crippen LogP contribution in [-0.2, 0) is 11.2 Å². The highest BCUT2D eigenvalue weighted by molar-refractivity contribution is 6.00. The summed E-state index contributed by atoms with van der Waals surface area (Å²) in [4.78, 5) is 24.1. The summed E-state index contributed by atoms with van der Waals surface area (Å²) in [7, 11) is 0. The van der Waals surface area contributed by atoms with E-state index in [2.05, 4.69) is 12.2 Å². The molecule has 0 aliphatic rings. The molecule has 140 valence electrons. The molecule has 0 atom stereocenters. The largest absolute Gasteiger partial charge is 0.492 e. The molecular weight excluding hydrogens is 352 g/mol. The van der Waals surface area contributed by atoms with Crippen LogP contribution < -0.4 is 15.8 Å². The zero-order valence-corrected chi connectivity index (χ0v) is 15.7. The Labute approximate surface area is 160 Å². The van der Waals surface area contributed by atoms with E-state index in [4.69, 9.17) is 10.5 Å². The molecule has 26 heavy (non-hydrogen) atoms. The van der Waals surface area contributed by atoms with Crippen LogP contribution in [0.1, 0.15) is 35.7 Å². The zero-order chi connectivity index (χ0) is 18.1. The number of hydrogen-bond donors (Lipinski definition) is 2. The van der Waals surface area contributed by atoms with Gasteiger partial charge in [-0.05, 0) is 36.2 Å². The first kappa shape index (κ1) is 21.7. The molecule has 0 aliphatic carbocycles. The lowest BCUT2D eigenvalue weighted by atomic mass is 10.0. The van der Waals surface area contributed by atoms with Gasteiger partial charge in [-0.25, -0.2) is 0 Å². The number of hydrogen-bond acceptors (Lipinski definition) is 4. The summed E-state index contributed by atoms with van der Waals surface area (Å²) in [6.45, 7) is 2.97. The Morgan fingerprint density at radius 1 is 1.00 bits per heavy atom. The van der Waals surface area contributed by atoms with E-state index >= 15 is 0 Å². The van der Waals surface area contributed by atoms with Gasteiger partial charge >= 0.3 is 0 Å². The molecule has 2 aromatic carbocycles. The van der Waals surface area contributed by atoms with Gasteiger partial charge in [-0.2, -0.15) is 0 Å². The number of anilines is 1. The number of nitrogens with two attached hydrogens (primary N) is 1. The van der Waals surface area contributed by atoms with E-state index in [1.165, 1.54) is 5.56 Å². The van der Waals surface area contributed by atoms with E-state index in [1.54, 1.807) is 24.3 Å². The molecule has 0 unspecified atom stereocenters. The molecule has 0 bridgehead atoms. The molecule has 3 N–H and O–H groups in total. The van der Waals surface area contributed by atoms with Crippen LogP contribution in [0.15, 0.2) is 48.5 Å².